The van der Waals surface area contributed by atoms with Gasteiger partial charge in [0.2, 0.25) is 17.7 Å². The summed E-state index contributed by atoms with van der Waals surface area (Å²) in [7, 11) is 0. The molecular formula is C29H26N8O2S. The van der Waals surface area contributed by atoms with Crippen molar-refractivity contribution in [2.45, 2.75) is 13.3 Å². The van der Waals surface area contributed by atoms with E-state index in [0.29, 0.717) is 24.1 Å². The number of anilines is 3. The third kappa shape index (κ3) is 4.69. The number of rotatable bonds is 7. The van der Waals surface area contributed by atoms with Gasteiger partial charge in [-0.1, -0.05) is 36.3 Å². The van der Waals surface area contributed by atoms with E-state index < -0.39 is 0 Å². The fraction of sp³-hybridized carbons (Fsp3) is 0.207. The smallest absolute Gasteiger partial charge is 0.227 e. The highest BCUT2D eigenvalue weighted by molar-refractivity contribution is 7.15. The quantitative estimate of drug-likeness (QED) is 0.267. The molecule has 7 rings (SSSR count). The van der Waals surface area contributed by atoms with E-state index in [0.717, 1.165) is 70.8 Å². The van der Waals surface area contributed by atoms with E-state index in [1.807, 2.05) is 61.0 Å². The second kappa shape index (κ2) is 10.5. The molecule has 1 saturated heterocycles. The first kappa shape index (κ1) is 24.4. The highest BCUT2D eigenvalue weighted by Crippen LogP contribution is 2.35. The Labute approximate surface area is 234 Å². The zero-order valence-corrected chi connectivity index (χ0v) is 22.6. The van der Waals surface area contributed by atoms with Crippen LogP contribution in [0.1, 0.15) is 12.8 Å². The second-order valence-electron chi connectivity index (χ2n) is 9.35. The van der Waals surface area contributed by atoms with Crippen LogP contribution in [0.2, 0.25) is 0 Å². The van der Waals surface area contributed by atoms with Gasteiger partial charge in [-0.3, -0.25) is 4.40 Å². The van der Waals surface area contributed by atoms with Gasteiger partial charge < -0.3 is 19.5 Å². The number of aromatic nitrogens is 6. The molecule has 0 saturated carbocycles. The fourth-order valence-electron chi connectivity index (χ4n) is 4.83. The van der Waals surface area contributed by atoms with Gasteiger partial charge in [-0.2, -0.15) is 4.98 Å². The molecule has 200 valence electrons. The predicted molar refractivity (Wildman–Crippen MR) is 155 cm³/mol. The Kier molecular flexibility index (Phi) is 6.42. The van der Waals surface area contributed by atoms with E-state index in [-0.39, 0.29) is 0 Å². The number of ether oxygens (including phenoxy) is 1. The number of fused-ring (bicyclic) bond motifs is 1. The summed E-state index contributed by atoms with van der Waals surface area (Å²) < 4.78 is 12.9. The Morgan fingerprint density at radius 2 is 1.85 bits per heavy atom. The summed E-state index contributed by atoms with van der Waals surface area (Å²) in [5, 5.41) is 9.56. The Balaban J connectivity index is 1.24. The van der Waals surface area contributed by atoms with E-state index in [1.165, 1.54) is 0 Å². The van der Waals surface area contributed by atoms with Gasteiger partial charge in [0.15, 0.2) is 4.96 Å². The van der Waals surface area contributed by atoms with Crippen molar-refractivity contribution in [1.29, 1.82) is 0 Å². The number of hydrogen-bond acceptors (Lipinski definition) is 10. The molecule has 0 spiro atoms. The zero-order chi connectivity index (χ0) is 26.9. The van der Waals surface area contributed by atoms with Gasteiger partial charge in [0.1, 0.15) is 5.69 Å². The Hall–Kier alpha value is -4.61. The lowest BCUT2D eigenvalue weighted by atomic mass is 10.0. The van der Waals surface area contributed by atoms with Crippen LogP contribution in [-0.4, -0.2) is 55.8 Å². The molecule has 1 aliphatic rings. The van der Waals surface area contributed by atoms with Crippen LogP contribution in [-0.2, 0) is 11.2 Å². The third-order valence-electron chi connectivity index (χ3n) is 6.80. The molecule has 0 bridgehead atoms. The van der Waals surface area contributed by atoms with Gasteiger partial charge in [0.05, 0.1) is 24.6 Å². The molecule has 1 aliphatic heterocycles. The first-order valence-corrected chi connectivity index (χ1v) is 14.1. The normalized spacial score (nSPS) is 13.7. The van der Waals surface area contributed by atoms with Crippen LogP contribution in [0.3, 0.4) is 0 Å². The first-order valence-electron chi connectivity index (χ1n) is 13.2. The molecule has 2 aromatic carbocycles. The number of morpholine rings is 1. The van der Waals surface area contributed by atoms with E-state index in [4.69, 9.17) is 19.2 Å². The molecule has 4 aromatic heterocycles. The summed E-state index contributed by atoms with van der Waals surface area (Å²) in [4.78, 5) is 22.1. The van der Waals surface area contributed by atoms with Gasteiger partial charge in [0, 0.05) is 59.8 Å². The standard InChI is InChI=1S/C29H26N8O2S/c1-2-24-33-27(35-39-24)20-6-3-5-19(17-20)25-26(37-13-16-40-29(37)34-25)23-9-10-30-28(32-23)31-21-7-4-8-22(18-21)36-11-14-38-15-12-36/h3-10,13,16-18H,2,11-12,14-15H2,1H3,(H,30,31,32). The number of benzene rings is 2. The number of nitrogens with zero attached hydrogens (tertiary/aromatic N) is 7. The number of thiazole rings is 1. The molecule has 0 aliphatic carbocycles. The van der Waals surface area contributed by atoms with E-state index in [1.54, 1.807) is 17.5 Å². The highest BCUT2D eigenvalue weighted by atomic mass is 32.1. The third-order valence-corrected chi connectivity index (χ3v) is 7.56. The Morgan fingerprint density at radius 3 is 2.73 bits per heavy atom. The molecule has 1 fully saturated rings. The molecule has 5 heterocycles. The Morgan fingerprint density at radius 1 is 0.975 bits per heavy atom. The van der Waals surface area contributed by atoms with Crippen molar-refractivity contribution in [3.63, 3.8) is 0 Å². The maximum Gasteiger partial charge on any atom is 0.227 e. The lowest BCUT2D eigenvalue weighted by Crippen LogP contribution is -2.36. The van der Waals surface area contributed by atoms with Crippen LogP contribution in [0.5, 0.6) is 0 Å². The summed E-state index contributed by atoms with van der Waals surface area (Å²) in [6.07, 6.45) is 4.48. The van der Waals surface area contributed by atoms with Gasteiger partial charge in [-0.25, -0.2) is 15.0 Å². The first-order chi connectivity index (χ1) is 19.7. The van der Waals surface area contributed by atoms with Crippen molar-refractivity contribution < 1.29 is 9.26 Å². The van der Waals surface area contributed by atoms with Crippen molar-refractivity contribution in [2.75, 3.05) is 36.5 Å². The zero-order valence-electron chi connectivity index (χ0n) is 21.8. The SMILES string of the molecule is CCc1nc(-c2cccc(-c3nc4sccn4c3-c3ccnc(Nc4cccc(N5CCOCC5)c4)n3)c2)no1. The molecule has 0 unspecified atom stereocenters. The van der Waals surface area contributed by atoms with Crippen molar-refractivity contribution in [3.8, 4) is 34.0 Å². The number of nitrogens with one attached hydrogen (secondary N) is 1. The molecular weight excluding hydrogens is 524 g/mol. The molecule has 0 atom stereocenters. The summed E-state index contributed by atoms with van der Waals surface area (Å²) in [5.74, 6) is 1.69. The summed E-state index contributed by atoms with van der Waals surface area (Å²) in [6.45, 7) is 5.23. The molecule has 40 heavy (non-hydrogen) atoms. The van der Waals surface area contributed by atoms with Crippen LogP contribution in [0.15, 0.2) is 76.9 Å². The second-order valence-corrected chi connectivity index (χ2v) is 10.2. The molecule has 0 radical (unpaired) electrons. The predicted octanol–water partition coefficient (Wildman–Crippen LogP) is 5.71. The monoisotopic (exact) mass is 550 g/mol. The molecule has 0 amide bonds. The average molecular weight is 551 g/mol. The molecule has 11 heteroatoms. The van der Waals surface area contributed by atoms with Crippen LogP contribution in [0.4, 0.5) is 17.3 Å². The highest BCUT2D eigenvalue weighted by Gasteiger charge is 2.20. The lowest BCUT2D eigenvalue weighted by molar-refractivity contribution is 0.122. The number of hydrogen-bond donors (Lipinski definition) is 1. The number of imidazole rings is 1. The minimum Gasteiger partial charge on any atom is -0.378 e. The van der Waals surface area contributed by atoms with Crippen molar-refractivity contribution >= 4 is 33.6 Å². The van der Waals surface area contributed by atoms with Gasteiger partial charge in [-0.15, -0.1) is 11.3 Å². The van der Waals surface area contributed by atoms with Crippen molar-refractivity contribution in [2.24, 2.45) is 0 Å². The van der Waals surface area contributed by atoms with Crippen LogP contribution in [0.25, 0.3) is 39.0 Å². The number of aryl methyl sites for hydroxylation is 1. The maximum atomic E-state index is 5.50. The van der Waals surface area contributed by atoms with Crippen molar-refractivity contribution in [1.82, 2.24) is 29.5 Å². The minimum absolute atomic E-state index is 0.514. The lowest BCUT2D eigenvalue weighted by Gasteiger charge is -2.29. The summed E-state index contributed by atoms with van der Waals surface area (Å²) in [5.41, 5.74) is 6.37. The van der Waals surface area contributed by atoms with Gasteiger partial charge in [0.25, 0.3) is 0 Å². The summed E-state index contributed by atoms with van der Waals surface area (Å²) in [6, 6.07) is 18.3. The van der Waals surface area contributed by atoms with Crippen molar-refractivity contribution in [3.05, 3.63) is 78.3 Å². The van der Waals surface area contributed by atoms with E-state index in [9.17, 15) is 0 Å². The maximum absolute atomic E-state index is 5.50. The van der Waals surface area contributed by atoms with Crippen LogP contribution < -0.4 is 10.2 Å². The van der Waals surface area contributed by atoms with Gasteiger partial charge in [-0.05, 0) is 30.3 Å². The molecule has 6 aromatic rings. The average Bonchev–Trinajstić information content (AvgIpc) is 3.75. The van der Waals surface area contributed by atoms with E-state index in [2.05, 4.69) is 41.9 Å². The minimum atomic E-state index is 0.514. The molecule has 1 N–H and O–H groups in total. The fourth-order valence-corrected chi connectivity index (χ4v) is 5.55. The Bertz CT molecular complexity index is 1790. The van der Waals surface area contributed by atoms with Crippen LogP contribution in [0, 0.1) is 0 Å². The molecule has 10 nitrogen and oxygen atoms in total. The summed E-state index contributed by atoms with van der Waals surface area (Å²) >= 11 is 1.58. The topological polar surface area (TPSA) is 106 Å². The van der Waals surface area contributed by atoms with E-state index >= 15 is 0 Å². The van der Waals surface area contributed by atoms with Crippen LogP contribution >= 0.6 is 11.3 Å². The largest absolute Gasteiger partial charge is 0.378 e. The van der Waals surface area contributed by atoms with Gasteiger partial charge >= 0.3 is 0 Å².